The highest BCUT2D eigenvalue weighted by Crippen LogP contribution is 2.35. The lowest BCUT2D eigenvalue weighted by atomic mass is 10.0. The van der Waals surface area contributed by atoms with Crippen LogP contribution < -0.4 is 0 Å². The molecule has 3 saturated heterocycles. The lowest BCUT2D eigenvalue weighted by Gasteiger charge is -2.41. The number of benzene rings is 1. The van der Waals surface area contributed by atoms with Crippen molar-refractivity contribution >= 4 is 19.7 Å². The normalized spacial score (nSPS) is 30.0. The summed E-state index contributed by atoms with van der Waals surface area (Å²) in [5, 5.41) is -0.940. The Kier molecular flexibility index (Phi) is 5.33. The van der Waals surface area contributed by atoms with Crippen LogP contribution in [0.25, 0.3) is 0 Å². The van der Waals surface area contributed by atoms with E-state index in [0.29, 0.717) is 39.1 Å². The van der Waals surface area contributed by atoms with E-state index in [4.69, 9.17) is 9.47 Å². The molecule has 1 spiro atoms. The van der Waals surface area contributed by atoms with Gasteiger partial charge < -0.3 is 9.47 Å². The maximum absolute atomic E-state index is 13.3. The van der Waals surface area contributed by atoms with Gasteiger partial charge in [0.25, 0.3) is 0 Å². The highest BCUT2D eigenvalue weighted by atomic mass is 32.2. The first-order valence-electron chi connectivity index (χ1n) is 9.80. The van der Waals surface area contributed by atoms with Crippen LogP contribution in [0.2, 0.25) is 0 Å². The number of rotatable bonds is 4. The fourth-order valence-corrected chi connectivity index (χ4v) is 9.34. The summed E-state index contributed by atoms with van der Waals surface area (Å²) >= 11 is 0. The molecule has 4 rings (SSSR count). The van der Waals surface area contributed by atoms with Gasteiger partial charge in [0.15, 0.2) is 25.5 Å². The molecule has 28 heavy (non-hydrogen) atoms. The summed E-state index contributed by atoms with van der Waals surface area (Å²) in [4.78, 5) is 2.21. The number of nitrogens with zero attached hydrogens (tertiary/aromatic N) is 1. The topological polar surface area (TPSA) is 90.0 Å². The molecule has 7 nitrogen and oxygen atoms in total. The summed E-state index contributed by atoms with van der Waals surface area (Å²) < 4.78 is 62.8. The van der Waals surface area contributed by atoms with Gasteiger partial charge in [-0.3, -0.25) is 4.90 Å². The van der Waals surface area contributed by atoms with Crippen molar-refractivity contribution in [2.24, 2.45) is 0 Å². The van der Waals surface area contributed by atoms with E-state index in [1.165, 1.54) is 0 Å². The molecule has 0 radical (unpaired) electrons. The first-order chi connectivity index (χ1) is 13.2. The summed E-state index contributed by atoms with van der Waals surface area (Å²) in [6, 6.07) is 6.26. The molecule has 1 aromatic rings. The van der Waals surface area contributed by atoms with Gasteiger partial charge in [-0.05, 0) is 24.1 Å². The number of sulfone groups is 2. The zero-order valence-corrected chi connectivity index (χ0v) is 17.7. The van der Waals surface area contributed by atoms with Gasteiger partial charge in [0, 0.05) is 32.0 Å². The van der Waals surface area contributed by atoms with Crippen molar-refractivity contribution in [2.75, 3.05) is 37.8 Å². The largest absolute Gasteiger partial charge is 0.347 e. The summed E-state index contributed by atoms with van der Waals surface area (Å²) in [6.45, 7) is 4.29. The lowest BCUT2D eigenvalue weighted by molar-refractivity contribution is -0.187. The van der Waals surface area contributed by atoms with Gasteiger partial charge in [-0.15, -0.1) is 0 Å². The molecule has 3 heterocycles. The highest BCUT2D eigenvalue weighted by molar-refractivity contribution is 7.96. The van der Waals surface area contributed by atoms with E-state index >= 15 is 0 Å². The van der Waals surface area contributed by atoms with Crippen molar-refractivity contribution in [1.29, 1.82) is 0 Å². The molecule has 156 valence electrons. The van der Waals surface area contributed by atoms with Crippen LogP contribution in [0.15, 0.2) is 29.2 Å². The minimum atomic E-state index is -3.74. The van der Waals surface area contributed by atoms with Gasteiger partial charge >= 0.3 is 0 Å². The number of hydrogen-bond acceptors (Lipinski definition) is 7. The molecule has 0 aromatic heterocycles. The molecule has 0 N–H and O–H groups in total. The highest BCUT2D eigenvalue weighted by Gasteiger charge is 2.50. The summed E-state index contributed by atoms with van der Waals surface area (Å²) in [7, 11) is -7.15. The van der Waals surface area contributed by atoms with Crippen molar-refractivity contribution in [1.82, 2.24) is 4.90 Å². The Morgan fingerprint density at radius 1 is 1.07 bits per heavy atom. The molecule has 0 unspecified atom stereocenters. The third-order valence-corrected chi connectivity index (χ3v) is 10.3. The fraction of sp³-hybridized carbons (Fsp3) is 0.684. The SMILES string of the molecule is CCc1ccc(S(=O)(=O)[C@@H]2CS(=O)(=O)C[C@H]2N2CCC3(CC2)OCCO3)cc1. The van der Waals surface area contributed by atoms with Crippen LogP contribution in [-0.2, 0) is 35.6 Å². The third-order valence-electron chi connectivity index (χ3n) is 6.17. The zero-order valence-electron chi connectivity index (χ0n) is 16.0. The van der Waals surface area contributed by atoms with Crippen LogP contribution >= 0.6 is 0 Å². The Morgan fingerprint density at radius 3 is 2.25 bits per heavy atom. The van der Waals surface area contributed by atoms with Crippen LogP contribution in [0.5, 0.6) is 0 Å². The molecule has 0 amide bonds. The number of likely N-dealkylation sites (tertiary alicyclic amines) is 1. The molecule has 1 aromatic carbocycles. The van der Waals surface area contributed by atoms with Crippen molar-refractivity contribution < 1.29 is 26.3 Å². The molecule has 2 atom stereocenters. The summed E-state index contributed by atoms with van der Waals surface area (Å²) in [6.07, 6.45) is 2.07. The second kappa shape index (κ2) is 7.36. The quantitative estimate of drug-likeness (QED) is 0.706. The van der Waals surface area contributed by atoms with Crippen LogP contribution in [0, 0.1) is 0 Å². The first kappa shape index (κ1) is 20.3. The van der Waals surface area contributed by atoms with Gasteiger partial charge in [-0.1, -0.05) is 19.1 Å². The van der Waals surface area contributed by atoms with Crippen LogP contribution in [-0.4, -0.2) is 76.6 Å². The minimum Gasteiger partial charge on any atom is -0.347 e. The maximum atomic E-state index is 13.3. The molecule has 9 heteroatoms. The number of piperidine rings is 1. The van der Waals surface area contributed by atoms with E-state index in [-0.39, 0.29) is 16.4 Å². The smallest absolute Gasteiger partial charge is 0.183 e. The van der Waals surface area contributed by atoms with Gasteiger partial charge in [0.2, 0.25) is 0 Å². The van der Waals surface area contributed by atoms with Crippen LogP contribution in [0.3, 0.4) is 0 Å². The zero-order chi connectivity index (χ0) is 20.0. The maximum Gasteiger partial charge on any atom is 0.183 e. The summed E-state index contributed by atoms with van der Waals surface area (Å²) in [5.74, 6) is -0.999. The van der Waals surface area contributed by atoms with Crippen molar-refractivity contribution in [3.63, 3.8) is 0 Å². The lowest BCUT2D eigenvalue weighted by Crippen LogP contribution is -2.53. The predicted octanol–water partition coefficient (Wildman–Crippen LogP) is 1.03. The van der Waals surface area contributed by atoms with Gasteiger partial charge in [-0.25, -0.2) is 16.8 Å². The minimum absolute atomic E-state index is 0.112. The average molecular weight is 430 g/mol. The molecular formula is C19H27NO6S2. The van der Waals surface area contributed by atoms with Crippen molar-refractivity contribution in [3.05, 3.63) is 29.8 Å². The van der Waals surface area contributed by atoms with Gasteiger partial charge in [0.1, 0.15) is 0 Å². The Balaban J connectivity index is 1.57. The standard InChI is InChI=1S/C19H27NO6S2/c1-2-15-3-5-16(6-4-15)28(23,24)18-14-27(21,22)13-17(18)20-9-7-19(8-10-20)25-11-12-26-19/h3-6,17-18H,2,7-14H2,1H3/t17-,18-/m1/s1. The molecule has 0 aliphatic carbocycles. The Bertz CT molecular complexity index is 910. The average Bonchev–Trinajstić information content (AvgIpc) is 3.27. The molecule has 3 aliphatic rings. The van der Waals surface area contributed by atoms with E-state index in [1.807, 2.05) is 11.8 Å². The van der Waals surface area contributed by atoms with Crippen molar-refractivity contribution in [2.45, 2.75) is 48.2 Å². The second-order valence-corrected chi connectivity index (χ2v) is 12.2. The summed E-state index contributed by atoms with van der Waals surface area (Å²) in [5.41, 5.74) is 1.05. The fourth-order valence-electron chi connectivity index (χ4n) is 4.51. The predicted molar refractivity (Wildman–Crippen MR) is 105 cm³/mol. The Hall–Kier alpha value is -1.00. The van der Waals surface area contributed by atoms with E-state index in [1.54, 1.807) is 24.3 Å². The van der Waals surface area contributed by atoms with Crippen LogP contribution in [0.4, 0.5) is 0 Å². The molecular weight excluding hydrogens is 402 g/mol. The number of hydrogen-bond donors (Lipinski definition) is 0. The first-order valence-corrected chi connectivity index (χ1v) is 13.2. The molecule has 0 saturated carbocycles. The monoisotopic (exact) mass is 429 g/mol. The second-order valence-electron chi connectivity index (χ2n) is 7.87. The number of aryl methyl sites for hydroxylation is 1. The Labute approximate surface area is 166 Å². The van der Waals surface area contributed by atoms with E-state index < -0.39 is 36.8 Å². The van der Waals surface area contributed by atoms with E-state index in [9.17, 15) is 16.8 Å². The third kappa shape index (κ3) is 3.75. The molecule has 3 fully saturated rings. The van der Waals surface area contributed by atoms with Crippen LogP contribution in [0.1, 0.15) is 25.3 Å². The Morgan fingerprint density at radius 2 is 1.68 bits per heavy atom. The molecule has 0 bridgehead atoms. The van der Waals surface area contributed by atoms with Crippen molar-refractivity contribution in [3.8, 4) is 0 Å². The van der Waals surface area contributed by atoms with E-state index in [2.05, 4.69) is 0 Å². The van der Waals surface area contributed by atoms with Gasteiger partial charge in [-0.2, -0.15) is 0 Å². The van der Waals surface area contributed by atoms with E-state index in [0.717, 1.165) is 12.0 Å². The number of ether oxygens (including phenoxy) is 2. The molecule has 3 aliphatic heterocycles. The van der Waals surface area contributed by atoms with Gasteiger partial charge in [0.05, 0.1) is 34.9 Å².